The molecule has 2 heterocycles. The number of carbonyl (C=O) groups excluding carboxylic acids is 1. The lowest BCUT2D eigenvalue weighted by molar-refractivity contribution is -0.139. The van der Waals surface area contributed by atoms with Crippen LogP contribution in [0.5, 0.6) is 0 Å². The molecule has 5 heteroatoms. The third kappa shape index (κ3) is 4.18. The number of amides is 1. The van der Waals surface area contributed by atoms with Gasteiger partial charge in [0, 0.05) is 32.2 Å². The molecule has 0 N–H and O–H groups in total. The van der Waals surface area contributed by atoms with Gasteiger partial charge in [-0.05, 0) is 45.7 Å². The molecule has 2 aliphatic heterocycles. The molecule has 21 heavy (non-hydrogen) atoms. The standard InChI is InChI=1S/C16H30N2O3/c1-4-20-12-14-13-21-10-7-16(14)5-8-18(9-6-16)15(19)11-17(2)3/h14H,4-13H2,1-3H3/t14-/m1/s1. The van der Waals surface area contributed by atoms with E-state index in [1.165, 1.54) is 0 Å². The molecule has 122 valence electrons. The normalized spacial score (nSPS) is 25.5. The second-order valence-electron chi connectivity index (χ2n) is 6.66. The Bertz CT molecular complexity index is 338. The first-order valence-electron chi connectivity index (χ1n) is 8.15. The molecule has 0 aromatic rings. The maximum Gasteiger partial charge on any atom is 0.236 e. The van der Waals surface area contributed by atoms with Gasteiger partial charge in [0.25, 0.3) is 0 Å². The van der Waals surface area contributed by atoms with E-state index in [9.17, 15) is 4.79 Å². The zero-order valence-electron chi connectivity index (χ0n) is 13.8. The lowest BCUT2D eigenvalue weighted by Crippen LogP contribution is -2.51. The van der Waals surface area contributed by atoms with Gasteiger partial charge in [0.2, 0.25) is 5.91 Å². The molecular weight excluding hydrogens is 268 g/mol. The summed E-state index contributed by atoms with van der Waals surface area (Å²) in [6, 6.07) is 0. The minimum Gasteiger partial charge on any atom is -0.381 e. The van der Waals surface area contributed by atoms with Crippen LogP contribution in [0.15, 0.2) is 0 Å². The molecule has 0 aliphatic carbocycles. The van der Waals surface area contributed by atoms with Gasteiger partial charge in [0.05, 0.1) is 19.8 Å². The summed E-state index contributed by atoms with van der Waals surface area (Å²) in [7, 11) is 3.89. The Hall–Kier alpha value is -0.650. The van der Waals surface area contributed by atoms with Crippen LogP contribution in [0.2, 0.25) is 0 Å². The van der Waals surface area contributed by atoms with Crippen LogP contribution in [0.4, 0.5) is 0 Å². The van der Waals surface area contributed by atoms with E-state index in [0.29, 0.717) is 17.9 Å². The van der Waals surface area contributed by atoms with E-state index >= 15 is 0 Å². The van der Waals surface area contributed by atoms with Gasteiger partial charge in [-0.3, -0.25) is 4.79 Å². The maximum absolute atomic E-state index is 12.2. The first-order valence-corrected chi connectivity index (χ1v) is 8.15. The summed E-state index contributed by atoms with van der Waals surface area (Å²) in [6.07, 6.45) is 3.29. The van der Waals surface area contributed by atoms with Gasteiger partial charge < -0.3 is 19.3 Å². The first-order chi connectivity index (χ1) is 10.1. The first kappa shape index (κ1) is 16.7. The van der Waals surface area contributed by atoms with Crippen molar-refractivity contribution < 1.29 is 14.3 Å². The zero-order chi connectivity index (χ0) is 15.3. The Labute approximate surface area is 128 Å². The maximum atomic E-state index is 12.2. The van der Waals surface area contributed by atoms with Crippen molar-refractivity contribution in [2.75, 3.05) is 60.2 Å². The van der Waals surface area contributed by atoms with Crippen molar-refractivity contribution in [3.63, 3.8) is 0 Å². The highest BCUT2D eigenvalue weighted by Gasteiger charge is 2.44. The molecule has 0 unspecified atom stereocenters. The van der Waals surface area contributed by atoms with Crippen molar-refractivity contribution in [2.45, 2.75) is 26.2 Å². The largest absolute Gasteiger partial charge is 0.381 e. The van der Waals surface area contributed by atoms with Crippen LogP contribution in [0, 0.1) is 11.3 Å². The average molecular weight is 298 g/mol. The van der Waals surface area contributed by atoms with Crippen LogP contribution in [0.25, 0.3) is 0 Å². The summed E-state index contributed by atoms with van der Waals surface area (Å²) in [6.45, 7) is 7.55. The molecule has 2 fully saturated rings. The van der Waals surface area contributed by atoms with Crippen LogP contribution in [-0.2, 0) is 14.3 Å². The molecule has 1 spiro atoms. The second-order valence-corrected chi connectivity index (χ2v) is 6.66. The zero-order valence-corrected chi connectivity index (χ0v) is 13.8. The molecule has 0 aromatic heterocycles. The SMILES string of the molecule is CCOC[C@@H]1COCCC12CCN(C(=O)CN(C)C)CC2. The Morgan fingerprint density at radius 3 is 2.67 bits per heavy atom. The van der Waals surface area contributed by atoms with Gasteiger partial charge in [-0.2, -0.15) is 0 Å². The number of likely N-dealkylation sites (tertiary alicyclic amines) is 1. The highest BCUT2D eigenvalue weighted by atomic mass is 16.5. The van der Waals surface area contributed by atoms with E-state index in [2.05, 4.69) is 0 Å². The molecular formula is C16H30N2O3. The Morgan fingerprint density at radius 1 is 1.33 bits per heavy atom. The van der Waals surface area contributed by atoms with Crippen LogP contribution >= 0.6 is 0 Å². The molecule has 0 bridgehead atoms. The van der Waals surface area contributed by atoms with Crippen LogP contribution in [-0.4, -0.2) is 75.9 Å². The average Bonchev–Trinajstić information content (AvgIpc) is 2.46. The van der Waals surface area contributed by atoms with E-state index in [1.807, 2.05) is 30.8 Å². The summed E-state index contributed by atoms with van der Waals surface area (Å²) in [5, 5.41) is 0. The topological polar surface area (TPSA) is 42.0 Å². The predicted octanol–water partition coefficient (Wildman–Crippen LogP) is 1.23. The third-order valence-corrected chi connectivity index (χ3v) is 5.02. The van der Waals surface area contributed by atoms with Crippen LogP contribution < -0.4 is 0 Å². The Morgan fingerprint density at radius 2 is 2.05 bits per heavy atom. The molecule has 1 amide bonds. The fourth-order valence-electron chi connectivity index (χ4n) is 3.60. The number of rotatable bonds is 5. The second kappa shape index (κ2) is 7.56. The smallest absolute Gasteiger partial charge is 0.236 e. The van der Waals surface area contributed by atoms with E-state index in [4.69, 9.17) is 9.47 Å². The number of nitrogens with zero attached hydrogens (tertiary/aromatic N) is 2. The summed E-state index contributed by atoms with van der Waals surface area (Å²) in [4.78, 5) is 16.1. The summed E-state index contributed by atoms with van der Waals surface area (Å²) in [5.41, 5.74) is 0.322. The highest BCUT2D eigenvalue weighted by Crippen LogP contribution is 2.44. The molecule has 2 rings (SSSR count). The number of likely N-dealkylation sites (N-methyl/N-ethyl adjacent to an activating group) is 1. The van der Waals surface area contributed by atoms with Crippen LogP contribution in [0.1, 0.15) is 26.2 Å². The molecule has 5 nitrogen and oxygen atoms in total. The molecule has 2 saturated heterocycles. The molecule has 0 saturated carbocycles. The molecule has 1 atom stereocenters. The minimum absolute atomic E-state index is 0.253. The highest BCUT2D eigenvalue weighted by molar-refractivity contribution is 5.78. The van der Waals surface area contributed by atoms with E-state index in [-0.39, 0.29) is 5.91 Å². The van der Waals surface area contributed by atoms with E-state index in [0.717, 1.165) is 58.8 Å². The number of hydrogen-bond acceptors (Lipinski definition) is 4. The Balaban J connectivity index is 1.91. The van der Waals surface area contributed by atoms with Gasteiger partial charge in [-0.15, -0.1) is 0 Å². The monoisotopic (exact) mass is 298 g/mol. The quantitative estimate of drug-likeness (QED) is 0.765. The van der Waals surface area contributed by atoms with Gasteiger partial charge in [0.15, 0.2) is 0 Å². The molecule has 2 aliphatic rings. The van der Waals surface area contributed by atoms with Gasteiger partial charge in [-0.1, -0.05) is 0 Å². The fraction of sp³-hybridized carbons (Fsp3) is 0.938. The molecule has 0 aromatic carbocycles. The minimum atomic E-state index is 0.253. The summed E-state index contributed by atoms with van der Waals surface area (Å²) < 4.78 is 11.3. The summed E-state index contributed by atoms with van der Waals surface area (Å²) >= 11 is 0. The predicted molar refractivity (Wildman–Crippen MR) is 82.2 cm³/mol. The van der Waals surface area contributed by atoms with Crippen molar-refractivity contribution in [1.29, 1.82) is 0 Å². The number of piperidine rings is 1. The van der Waals surface area contributed by atoms with Crippen molar-refractivity contribution in [3.8, 4) is 0 Å². The van der Waals surface area contributed by atoms with E-state index in [1.54, 1.807) is 0 Å². The number of ether oxygens (including phenoxy) is 2. The lowest BCUT2D eigenvalue weighted by atomic mass is 9.66. The van der Waals surface area contributed by atoms with Crippen molar-refractivity contribution in [2.24, 2.45) is 11.3 Å². The Kier molecular flexibility index (Phi) is 6.02. The third-order valence-electron chi connectivity index (χ3n) is 5.02. The lowest BCUT2D eigenvalue weighted by Gasteiger charge is -2.49. The van der Waals surface area contributed by atoms with Crippen LogP contribution in [0.3, 0.4) is 0 Å². The van der Waals surface area contributed by atoms with Gasteiger partial charge in [0.1, 0.15) is 0 Å². The van der Waals surface area contributed by atoms with Crippen molar-refractivity contribution in [1.82, 2.24) is 9.80 Å². The van der Waals surface area contributed by atoms with Gasteiger partial charge >= 0.3 is 0 Å². The van der Waals surface area contributed by atoms with Crippen molar-refractivity contribution >= 4 is 5.91 Å². The fourth-order valence-corrected chi connectivity index (χ4v) is 3.60. The number of hydrogen-bond donors (Lipinski definition) is 0. The van der Waals surface area contributed by atoms with Gasteiger partial charge in [-0.25, -0.2) is 0 Å². The summed E-state index contributed by atoms with van der Waals surface area (Å²) in [5.74, 6) is 0.737. The molecule has 0 radical (unpaired) electrons. The van der Waals surface area contributed by atoms with Crippen molar-refractivity contribution in [3.05, 3.63) is 0 Å². The number of carbonyl (C=O) groups is 1. The van der Waals surface area contributed by atoms with E-state index < -0.39 is 0 Å².